The summed E-state index contributed by atoms with van der Waals surface area (Å²) in [5.74, 6) is 0.125. The minimum absolute atomic E-state index is 0.197. The van der Waals surface area contributed by atoms with Crippen LogP contribution in [0.3, 0.4) is 0 Å². The Hall–Kier alpha value is -2.43. The van der Waals surface area contributed by atoms with Crippen LogP contribution in [0.25, 0.3) is 0 Å². The Kier molecular flexibility index (Phi) is 3.56. The number of carbonyl (C=O) groups is 2. The second-order valence-corrected chi connectivity index (χ2v) is 5.96. The van der Waals surface area contributed by atoms with Crippen molar-refractivity contribution >= 4 is 17.6 Å². The van der Waals surface area contributed by atoms with Crippen LogP contribution in [-0.2, 0) is 16.0 Å². The molecule has 0 radical (unpaired) electrons. The van der Waals surface area contributed by atoms with Crippen LogP contribution < -0.4 is 4.90 Å². The van der Waals surface area contributed by atoms with Gasteiger partial charge >= 0.3 is 0 Å². The molecule has 1 saturated heterocycles. The number of anilines is 1. The van der Waals surface area contributed by atoms with Crippen LogP contribution in [0.15, 0.2) is 28.8 Å². The van der Waals surface area contributed by atoms with Gasteiger partial charge in [0, 0.05) is 12.5 Å². The highest BCUT2D eigenvalue weighted by molar-refractivity contribution is 6.20. The van der Waals surface area contributed by atoms with Gasteiger partial charge in [0.25, 0.3) is 0 Å². The summed E-state index contributed by atoms with van der Waals surface area (Å²) in [6, 6.07) is 7.83. The van der Waals surface area contributed by atoms with Crippen LogP contribution in [0.5, 0.6) is 0 Å². The van der Waals surface area contributed by atoms with Crippen LogP contribution in [0.4, 0.5) is 5.82 Å². The number of rotatable bonds is 3. The molecule has 1 aliphatic rings. The molecule has 0 unspecified atom stereocenters. The molecule has 0 saturated carbocycles. The van der Waals surface area contributed by atoms with E-state index < -0.39 is 0 Å². The Morgan fingerprint density at radius 2 is 1.82 bits per heavy atom. The summed E-state index contributed by atoms with van der Waals surface area (Å²) in [4.78, 5) is 25.8. The predicted octanol–water partition coefficient (Wildman–Crippen LogP) is 2.72. The molecule has 1 aromatic carbocycles. The lowest BCUT2D eigenvalue weighted by molar-refractivity contribution is -0.122. The first-order valence-corrected chi connectivity index (χ1v) is 7.31. The second kappa shape index (κ2) is 5.40. The van der Waals surface area contributed by atoms with Crippen molar-refractivity contribution in [1.82, 2.24) is 5.16 Å². The zero-order valence-electron chi connectivity index (χ0n) is 12.9. The van der Waals surface area contributed by atoms with Crippen molar-refractivity contribution in [3.63, 3.8) is 0 Å². The molecule has 0 spiro atoms. The molecule has 0 bridgehead atoms. The molecular formula is C17H18N2O3. The van der Waals surface area contributed by atoms with E-state index in [2.05, 4.69) is 23.4 Å². The predicted molar refractivity (Wildman–Crippen MR) is 81.5 cm³/mol. The lowest BCUT2D eigenvalue weighted by atomic mass is 9.95. The summed E-state index contributed by atoms with van der Waals surface area (Å²) in [5, 5.41) is 3.78. The van der Waals surface area contributed by atoms with E-state index in [0.717, 1.165) is 21.6 Å². The van der Waals surface area contributed by atoms with Crippen LogP contribution in [0, 0.1) is 26.7 Å². The van der Waals surface area contributed by atoms with E-state index in [9.17, 15) is 9.59 Å². The number of nitrogens with zero attached hydrogens (tertiary/aromatic N) is 2. The van der Waals surface area contributed by atoms with Gasteiger partial charge in [0.2, 0.25) is 11.8 Å². The molecule has 1 fully saturated rings. The summed E-state index contributed by atoms with van der Waals surface area (Å²) < 4.78 is 4.96. The molecule has 2 amide bonds. The van der Waals surface area contributed by atoms with Gasteiger partial charge < -0.3 is 4.52 Å². The molecule has 22 heavy (non-hydrogen) atoms. The minimum Gasteiger partial charge on any atom is -0.360 e. The van der Waals surface area contributed by atoms with Gasteiger partial charge in [-0.3, -0.25) is 9.59 Å². The highest BCUT2D eigenvalue weighted by atomic mass is 16.5. The van der Waals surface area contributed by atoms with E-state index >= 15 is 0 Å². The van der Waals surface area contributed by atoms with Gasteiger partial charge in [0.15, 0.2) is 5.82 Å². The lowest BCUT2D eigenvalue weighted by Gasteiger charge is -2.12. The fourth-order valence-corrected chi connectivity index (χ4v) is 3.03. The van der Waals surface area contributed by atoms with Gasteiger partial charge in [-0.1, -0.05) is 34.5 Å². The van der Waals surface area contributed by atoms with E-state index in [0.29, 0.717) is 12.2 Å². The normalized spacial score (nSPS) is 18.3. The monoisotopic (exact) mass is 298 g/mol. The molecular weight excluding hydrogens is 280 g/mol. The van der Waals surface area contributed by atoms with Gasteiger partial charge in [-0.25, -0.2) is 4.90 Å². The summed E-state index contributed by atoms with van der Waals surface area (Å²) in [7, 11) is 0. The highest BCUT2D eigenvalue weighted by Gasteiger charge is 2.40. The Morgan fingerprint density at radius 3 is 2.41 bits per heavy atom. The van der Waals surface area contributed by atoms with Crippen LogP contribution in [-0.4, -0.2) is 17.0 Å². The maximum absolute atomic E-state index is 12.5. The first-order valence-electron chi connectivity index (χ1n) is 7.31. The number of benzene rings is 1. The lowest BCUT2D eigenvalue weighted by Crippen LogP contribution is -2.31. The molecule has 1 aliphatic heterocycles. The quantitative estimate of drug-likeness (QED) is 0.817. The van der Waals surface area contributed by atoms with Gasteiger partial charge in [-0.15, -0.1) is 0 Å². The summed E-state index contributed by atoms with van der Waals surface area (Å²) in [5.41, 5.74) is 3.41. The number of carbonyl (C=O) groups excluding carboxylic acids is 2. The third-order valence-corrected chi connectivity index (χ3v) is 3.85. The molecule has 3 rings (SSSR count). The Bertz CT molecular complexity index is 728. The zero-order valence-corrected chi connectivity index (χ0v) is 12.9. The molecule has 114 valence electrons. The second-order valence-electron chi connectivity index (χ2n) is 5.96. The number of aryl methyl sites for hydroxylation is 3. The first-order chi connectivity index (χ1) is 10.4. The zero-order chi connectivity index (χ0) is 15.9. The van der Waals surface area contributed by atoms with Crippen molar-refractivity contribution in [2.24, 2.45) is 5.92 Å². The Labute approximate surface area is 128 Å². The molecule has 0 aliphatic carbocycles. The van der Waals surface area contributed by atoms with Gasteiger partial charge in [0.05, 0.1) is 5.92 Å². The van der Waals surface area contributed by atoms with Crippen molar-refractivity contribution in [2.75, 3.05) is 4.90 Å². The standard InChI is InChI=1S/C17H18N2O3/c1-10-4-11(2)6-13(5-10)8-14-9-16(20)19(17(14)21)15-7-12(3)22-18-15/h4-7,14H,8-9H2,1-3H3/t14-/m0/s1. The number of imide groups is 1. The van der Waals surface area contributed by atoms with Crippen molar-refractivity contribution in [1.29, 1.82) is 0 Å². The van der Waals surface area contributed by atoms with Crippen molar-refractivity contribution < 1.29 is 14.1 Å². The molecule has 1 atom stereocenters. The SMILES string of the molecule is Cc1cc(C)cc(C[C@H]2CC(=O)N(c3cc(C)on3)C2=O)c1. The van der Waals surface area contributed by atoms with E-state index in [1.165, 1.54) is 0 Å². The minimum atomic E-state index is -0.328. The summed E-state index contributed by atoms with van der Waals surface area (Å²) in [6.45, 7) is 5.79. The number of hydrogen-bond acceptors (Lipinski definition) is 4. The van der Waals surface area contributed by atoms with E-state index in [4.69, 9.17) is 4.52 Å². The molecule has 5 heteroatoms. The molecule has 0 N–H and O–H groups in total. The molecule has 1 aromatic heterocycles. The van der Waals surface area contributed by atoms with Crippen molar-refractivity contribution in [3.8, 4) is 0 Å². The number of amides is 2. The summed E-state index contributed by atoms with van der Waals surface area (Å²) >= 11 is 0. The van der Waals surface area contributed by atoms with Crippen LogP contribution >= 0.6 is 0 Å². The molecule has 5 nitrogen and oxygen atoms in total. The fraction of sp³-hybridized carbons (Fsp3) is 0.353. The highest BCUT2D eigenvalue weighted by Crippen LogP contribution is 2.28. The third kappa shape index (κ3) is 2.66. The van der Waals surface area contributed by atoms with Crippen molar-refractivity contribution in [2.45, 2.75) is 33.6 Å². The van der Waals surface area contributed by atoms with Gasteiger partial charge in [0.1, 0.15) is 5.76 Å². The molecule has 2 aromatic rings. The van der Waals surface area contributed by atoms with Crippen LogP contribution in [0.1, 0.15) is 28.9 Å². The number of hydrogen-bond donors (Lipinski definition) is 0. The Balaban J connectivity index is 1.82. The largest absolute Gasteiger partial charge is 0.360 e. The van der Waals surface area contributed by atoms with E-state index in [-0.39, 0.29) is 30.0 Å². The first kappa shape index (κ1) is 14.5. The molecule has 2 heterocycles. The smallest absolute Gasteiger partial charge is 0.239 e. The van der Waals surface area contributed by atoms with Crippen LogP contribution in [0.2, 0.25) is 0 Å². The summed E-state index contributed by atoms with van der Waals surface area (Å²) in [6.07, 6.45) is 0.790. The van der Waals surface area contributed by atoms with Gasteiger partial charge in [-0.05, 0) is 32.8 Å². The topological polar surface area (TPSA) is 63.4 Å². The maximum Gasteiger partial charge on any atom is 0.239 e. The van der Waals surface area contributed by atoms with E-state index in [1.54, 1.807) is 13.0 Å². The fourth-order valence-electron chi connectivity index (χ4n) is 3.03. The maximum atomic E-state index is 12.5. The number of aromatic nitrogens is 1. The van der Waals surface area contributed by atoms with E-state index in [1.807, 2.05) is 13.8 Å². The average molecular weight is 298 g/mol. The third-order valence-electron chi connectivity index (χ3n) is 3.85. The van der Waals surface area contributed by atoms with Crippen molar-refractivity contribution in [3.05, 3.63) is 46.7 Å². The Morgan fingerprint density at radius 1 is 1.14 bits per heavy atom. The van der Waals surface area contributed by atoms with Gasteiger partial charge in [-0.2, -0.15) is 0 Å². The average Bonchev–Trinajstić information content (AvgIpc) is 2.93.